The van der Waals surface area contributed by atoms with Crippen molar-refractivity contribution in [2.24, 2.45) is 0 Å². The molecule has 0 aliphatic heterocycles. The van der Waals surface area contributed by atoms with Gasteiger partial charge < -0.3 is 10.5 Å². The Hall–Kier alpha value is -2.56. The van der Waals surface area contributed by atoms with Gasteiger partial charge in [-0.2, -0.15) is 5.10 Å². The summed E-state index contributed by atoms with van der Waals surface area (Å²) in [6.45, 7) is 0. The van der Waals surface area contributed by atoms with Crippen molar-refractivity contribution in [2.75, 3.05) is 5.73 Å². The Morgan fingerprint density at radius 2 is 2.12 bits per heavy atom. The number of anilines is 1. The number of nitrogen functional groups attached to an aromatic ring is 1. The first-order chi connectivity index (χ1) is 8.33. The molecule has 0 aliphatic carbocycles. The van der Waals surface area contributed by atoms with E-state index in [1.54, 1.807) is 35.2 Å². The van der Waals surface area contributed by atoms with Crippen molar-refractivity contribution in [3.8, 4) is 11.6 Å². The fourth-order valence-corrected chi connectivity index (χ4v) is 1.60. The molecular formula is C12H10N4O. The molecule has 0 unspecified atom stereocenters. The van der Waals surface area contributed by atoms with Crippen LogP contribution in [0, 0.1) is 0 Å². The predicted octanol–water partition coefficient (Wildman–Crippen LogP) is 2.10. The van der Waals surface area contributed by atoms with Crippen LogP contribution in [0.5, 0.6) is 11.6 Å². The van der Waals surface area contributed by atoms with Crippen molar-refractivity contribution in [3.63, 3.8) is 0 Å². The lowest BCUT2D eigenvalue weighted by atomic mass is 10.3. The van der Waals surface area contributed by atoms with E-state index in [4.69, 9.17) is 10.5 Å². The molecule has 0 aliphatic rings. The van der Waals surface area contributed by atoms with Gasteiger partial charge in [-0.05, 0) is 18.2 Å². The molecule has 2 aromatic heterocycles. The van der Waals surface area contributed by atoms with Crippen LogP contribution >= 0.6 is 0 Å². The van der Waals surface area contributed by atoms with E-state index in [2.05, 4.69) is 10.1 Å². The van der Waals surface area contributed by atoms with E-state index in [9.17, 15) is 0 Å². The van der Waals surface area contributed by atoms with Gasteiger partial charge in [0, 0.05) is 24.1 Å². The van der Waals surface area contributed by atoms with Gasteiger partial charge in [0.15, 0.2) is 0 Å². The molecule has 2 N–H and O–H groups in total. The van der Waals surface area contributed by atoms with Crippen LogP contribution in [0.4, 0.5) is 5.69 Å². The monoisotopic (exact) mass is 226 g/mol. The summed E-state index contributed by atoms with van der Waals surface area (Å²) < 4.78 is 7.38. The summed E-state index contributed by atoms with van der Waals surface area (Å²) in [6, 6.07) is 9.06. The van der Waals surface area contributed by atoms with Crippen LogP contribution in [0.2, 0.25) is 0 Å². The van der Waals surface area contributed by atoms with Crippen molar-refractivity contribution in [2.45, 2.75) is 0 Å². The average molecular weight is 226 g/mol. The Morgan fingerprint density at radius 3 is 3.00 bits per heavy atom. The third kappa shape index (κ3) is 1.78. The Balaban J connectivity index is 2.02. The SMILES string of the molecule is Nc1cccc(Oc2nccn3nccc23)c1. The van der Waals surface area contributed by atoms with E-state index in [1.807, 2.05) is 18.2 Å². The van der Waals surface area contributed by atoms with E-state index < -0.39 is 0 Å². The molecule has 84 valence electrons. The van der Waals surface area contributed by atoms with Crippen LogP contribution < -0.4 is 10.5 Å². The largest absolute Gasteiger partial charge is 0.437 e. The molecule has 0 radical (unpaired) electrons. The first kappa shape index (κ1) is 9.65. The first-order valence-electron chi connectivity index (χ1n) is 5.15. The maximum absolute atomic E-state index is 5.69. The van der Waals surface area contributed by atoms with E-state index in [0.717, 1.165) is 5.52 Å². The highest BCUT2D eigenvalue weighted by atomic mass is 16.5. The van der Waals surface area contributed by atoms with Gasteiger partial charge in [0.05, 0.1) is 6.20 Å². The molecule has 0 bridgehead atoms. The van der Waals surface area contributed by atoms with Gasteiger partial charge in [-0.1, -0.05) is 6.07 Å². The zero-order valence-corrected chi connectivity index (χ0v) is 8.95. The maximum Gasteiger partial charge on any atom is 0.245 e. The minimum absolute atomic E-state index is 0.510. The summed E-state index contributed by atoms with van der Waals surface area (Å²) in [4.78, 5) is 4.18. The number of benzene rings is 1. The first-order valence-corrected chi connectivity index (χ1v) is 5.15. The molecule has 0 amide bonds. The molecule has 0 fully saturated rings. The molecular weight excluding hydrogens is 216 g/mol. The minimum Gasteiger partial charge on any atom is -0.437 e. The van der Waals surface area contributed by atoms with E-state index in [0.29, 0.717) is 17.3 Å². The molecule has 0 saturated carbocycles. The smallest absolute Gasteiger partial charge is 0.245 e. The molecule has 3 rings (SSSR count). The van der Waals surface area contributed by atoms with Crippen molar-refractivity contribution in [3.05, 3.63) is 48.9 Å². The molecule has 0 saturated heterocycles. The minimum atomic E-state index is 0.510. The number of ether oxygens (including phenoxy) is 1. The lowest BCUT2D eigenvalue weighted by Gasteiger charge is -2.06. The van der Waals surface area contributed by atoms with Crippen molar-refractivity contribution in [1.29, 1.82) is 0 Å². The molecule has 0 spiro atoms. The number of fused-ring (bicyclic) bond motifs is 1. The lowest BCUT2D eigenvalue weighted by molar-refractivity contribution is 0.466. The Kier molecular flexibility index (Phi) is 2.15. The topological polar surface area (TPSA) is 65.4 Å². The van der Waals surface area contributed by atoms with E-state index in [1.165, 1.54) is 0 Å². The van der Waals surface area contributed by atoms with Gasteiger partial charge >= 0.3 is 0 Å². The number of nitrogens with two attached hydrogens (primary N) is 1. The summed E-state index contributed by atoms with van der Waals surface area (Å²) in [7, 11) is 0. The highest BCUT2D eigenvalue weighted by molar-refractivity contribution is 5.56. The van der Waals surface area contributed by atoms with Gasteiger partial charge in [0.1, 0.15) is 11.3 Å². The second-order valence-corrected chi connectivity index (χ2v) is 3.57. The molecule has 17 heavy (non-hydrogen) atoms. The second-order valence-electron chi connectivity index (χ2n) is 3.57. The fraction of sp³-hybridized carbons (Fsp3) is 0. The van der Waals surface area contributed by atoms with Crippen LogP contribution in [0.25, 0.3) is 5.52 Å². The number of aromatic nitrogens is 3. The molecule has 1 aromatic carbocycles. The van der Waals surface area contributed by atoms with Crippen molar-refractivity contribution >= 4 is 11.2 Å². The molecule has 5 nitrogen and oxygen atoms in total. The summed E-state index contributed by atoms with van der Waals surface area (Å²) in [5, 5.41) is 4.11. The summed E-state index contributed by atoms with van der Waals surface area (Å²) in [5.41, 5.74) is 7.16. The number of hydrogen-bond donors (Lipinski definition) is 1. The van der Waals surface area contributed by atoms with E-state index in [-0.39, 0.29) is 0 Å². The van der Waals surface area contributed by atoms with Crippen LogP contribution in [-0.4, -0.2) is 14.6 Å². The molecule has 5 heteroatoms. The fourth-order valence-electron chi connectivity index (χ4n) is 1.60. The van der Waals surface area contributed by atoms with Crippen molar-refractivity contribution < 1.29 is 4.74 Å². The highest BCUT2D eigenvalue weighted by Gasteiger charge is 2.05. The van der Waals surface area contributed by atoms with Crippen LogP contribution in [-0.2, 0) is 0 Å². The van der Waals surface area contributed by atoms with Gasteiger partial charge in [-0.3, -0.25) is 0 Å². The third-order valence-corrected chi connectivity index (χ3v) is 2.36. The van der Waals surface area contributed by atoms with Crippen LogP contribution in [0.3, 0.4) is 0 Å². The number of nitrogens with zero attached hydrogens (tertiary/aromatic N) is 3. The normalized spacial score (nSPS) is 10.6. The van der Waals surface area contributed by atoms with Gasteiger partial charge in [-0.15, -0.1) is 0 Å². The Morgan fingerprint density at radius 1 is 1.18 bits per heavy atom. The molecule has 0 atom stereocenters. The maximum atomic E-state index is 5.69. The van der Waals surface area contributed by atoms with Crippen molar-refractivity contribution in [1.82, 2.24) is 14.6 Å². The van der Waals surface area contributed by atoms with Gasteiger partial charge in [-0.25, -0.2) is 9.50 Å². The number of rotatable bonds is 2. The van der Waals surface area contributed by atoms with Gasteiger partial charge in [0.25, 0.3) is 0 Å². The quantitative estimate of drug-likeness (QED) is 0.679. The zero-order chi connectivity index (χ0) is 11.7. The van der Waals surface area contributed by atoms with Gasteiger partial charge in [0.2, 0.25) is 5.88 Å². The standard InChI is InChI=1S/C12H10N4O/c13-9-2-1-3-10(8-9)17-12-11-4-5-15-16(11)7-6-14-12/h1-8H,13H2. The molecule has 3 aromatic rings. The highest BCUT2D eigenvalue weighted by Crippen LogP contribution is 2.24. The zero-order valence-electron chi connectivity index (χ0n) is 8.95. The van der Waals surface area contributed by atoms with Crippen LogP contribution in [0.15, 0.2) is 48.9 Å². The second kappa shape index (κ2) is 3.79. The Labute approximate surface area is 97.5 Å². The third-order valence-electron chi connectivity index (χ3n) is 2.36. The molecule has 2 heterocycles. The average Bonchev–Trinajstić information content (AvgIpc) is 2.78. The summed E-state index contributed by atoms with van der Waals surface area (Å²) in [6.07, 6.45) is 5.10. The Bertz CT molecular complexity index is 662. The van der Waals surface area contributed by atoms with Crippen LogP contribution in [0.1, 0.15) is 0 Å². The summed E-state index contributed by atoms with van der Waals surface area (Å²) >= 11 is 0. The van der Waals surface area contributed by atoms with E-state index >= 15 is 0 Å². The predicted molar refractivity (Wildman–Crippen MR) is 63.9 cm³/mol. The number of hydrogen-bond acceptors (Lipinski definition) is 4. The lowest BCUT2D eigenvalue weighted by Crippen LogP contribution is -1.94. The summed E-state index contributed by atoms with van der Waals surface area (Å²) in [5.74, 6) is 1.17.